The molecule has 0 aliphatic carbocycles. The summed E-state index contributed by atoms with van der Waals surface area (Å²) in [4.78, 5) is 17.7. The summed E-state index contributed by atoms with van der Waals surface area (Å²) in [7, 11) is 0. The SMILES string of the molecule is CC(=O)OCC(ON1C(C)(C)CCCC1(C)C)c1ccccc1Cl. The first kappa shape index (κ1) is 19.2. The summed E-state index contributed by atoms with van der Waals surface area (Å²) in [5.74, 6) is -0.326. The summed E-state index contributed by atoms with van der Waals surface area (Å²) in [5, 5.41) is 2.68. The lowest BCUT2D eigenvalue weighted by Gasteiger charge is -2.52. The van der Waals surface area contributed by atoms with Crippen LogP contribution in [0.2, 0.25) is 5.02 Å². The molecular formula is C19H28ClNO3. The van der Waals surface area contributed by atoms with Gasteiger partial charge in [0.15, 0.2) is 0 Å². The molecule has 1 aliphatic rings. The van der Waals surface area contributed by atoms with Crippen LogP contribution in [0.15, 0.2) is 24.3 Å². The highest BCUT2D eigenvalue weighted by atomic mass is 35.5. The fraction of sp³-hybridized carbons (Fsp3) is 0.632. The summed E-state index contributed by atoms with van der Waals surface area (Å²) in [5.41, 5.74) is 0.632. The number of halogens is 1. The van der Waals surface area contributed by atoms with Crippen LogP contribution in [-0.2, 0) is 14.4 Å². The Balaban J connectivity index is 2.30. The number of esters is 1. The van der Waals surface area contributed by atoms with Crippen LogP contribution in [0.3, 0.4) is 0 Å². The second kappa shape index (κ2) is 7.42. The average molecular weight is 354 g/mol. The highest BCUT2D eigenvalue weighted by Crippen LogP contribution is 2.41. The van der Waals surface area contributed by atoms with Crippen molar-refractivity contribution in [1.29, 1.82) is 0 Å². The fourth-order valence-corrected chi connectivity index (χ4v) is 3.75. The van der Waals surface area contributed by atoms with Gasteiger partial charge in [-0.2, -0.15) is 5.06 Å². The summed E-state index contributed by atoms with van der Waals surface area (Å²) in [6.07, 6.45) is 2.85. The van der Waals surface area contributed by atoms with E-state index in [4.69, 9.17) is 21.2 Å². The van der Waals surface area contributed by atoms with Gasteiger partial charge in [-0.1, -0.05) is 29.8 Å². The minimum absolute atomic E-state index is 0.0997. The maximum atomic E-state index is 11.3. The Hall–Kier alpha value is -1.10. The summed E-state index contributed by atoms with van der Waals surface area (Å²) in [6.45, 7) is 10.3. The quantitative estimate of drug-likeness (QED) is 0.704. The Morgan fingerprint density at radius 3 is 2.33 bits per heavy atom. The van der Waals surface area contributed by atoms with Gasteiger partial charge < -0.3 is 4.74 Å². The zero-order valence-corrected chi connectivity index (χ0v) is 16.0. The van der Waals surface area contributed by atoms with Crippen LogP contribution in [0.5, 0.6) is 0 Å². The second-order valence-corrected chi connectivity index (χ2v) is 8.10. The molecule has 1 fully saturated rings. The first-order chi connectivity index (χ1) is 11.1. The van der Waals surface area contributed by atoms with E-state index in [0.717, 1.165) is 18.4 Å². The number of carbonyl (C=O) groups is 1. The molecule has 0 aromatic heterocycles. The van der Waals surface area contributed by atoms with Crippen molar-refractivity contribution in [3.05, 3.63) is 34.9 Å². The highest BCUT2D eigenvalue weighted by molar-refractivity contribution is 6.31. The molecule has 0 amide bonds. The number of ether oxygens (including phenoxy) is 1. The third kappa shape index (κ3) is 4.50. The van der Waals surface area contributed by atoms with Crippen LogP contribution in [0.25, 0.3) is 0 Å². The van der Waals surface area contributed by atoms with Crippen molar-refractivity contribution in [1.82, 2.24) is 5.06 Å². The molecule has 5 heteroatoms. The lowest BCUT2D eigenvalue weighted by molar-refractivity contribution is -0.311. The maximum Gasteiger partial charge on any atom is 0.302 e. The molecule has 0 bridgehead atoms. The minimum Gasteiger partial charge on any atom is -0.463 e. The van der Waals surface area contributed by atoms with Crippen LogP contribution in [0.4, 0.5) is 0 Å². The predicted molar refractivity (Wildman–Crippen MR) is 95.8 cm³/mol. The molecule has 1 atom stereocenters. The zero-order chi connectivity index (χ0) is 18.0. The van der Waals surface area contributed by atoms with E-state index in [9.17, 15) is 4.79 Å². The van der Waals surface area contributed by atoms with Crippen molar-refractivity contribution in [2.24, 2.45) is 0 Å². The Morgan fingerprint density at radius 2 is 1.79 bits per heavy atom. The number of carbonyl (C=O) groups excluding carboxylic acids is 1. The van der Waals surface area contributed by atoms with Gasteiger partial charge in [-0.3, -0.25) is 9.63 Å². The minimum atomic E-state index is -0.431. The summed E-state index contributed by atoms with van der Waals surface area (Å²) in [6, 6.07) is 7.54. The molecule has 4 nitrogen and oxygen atoms in total. The van der Waals surface area contributed by atoms with E-state index in [2.05, 4.69) is 32.8 Å². The molecule has 1 aromatic rings. The van der Waals surface area contributed by atoms with Crippen molar-refractivity contribution in [3.8, 4) is 0 Å². The van der Waals surface area contributed by atoms with Crippen molar-refractivity contribution < 1.29 is 14.4 Å². The highest BCUT2D eigenvalue weighted by Gasteiger charge is 2.44. The van der Waals surface area contributed by atoms with Crippen LogP contribution >= 0.6 is 11.6 Å². The topological polar surface area (TPSA) is 38.8 Å². The van der Waals surface area contributed by atoms with Gasteiger partial charge >= 0.3 is 5.97 Å². The van der Waals surface area contributed by atoms with Crippen LogP contribution in [-0.4, -0.2) is 28.7 Å². The standard InChI is InChI=1S/C19H28ClNO3/c1-14(22)23-13-17(15-9-6-7-10-16(15)20)24-21-18(2,3)11-8-12-19(21,4)5/h6-7,9-10,17H,8,11-13H2,1-5H3. The lowest BCUT2D eigenvalue weighted by Crippen LogP contribution is -2.58. The van der Waals surface area contributed by atoms with Gasteiger partial charge in [0.1, 0.15) is 12.7 Å². The molecule has 2 rings (SSSR count). The lowest BCUT2D eigenvalue weighted by atomic mass is 9.82. The first-order valence-corrected chi connectivity index (χ1v) is 8.86. The smallest absolute Gasteiger partial charge is 0.302 e. The van der Waals surface area contributed by atoms with E-state index in [1.807, 2.05) is 24.3 Å². The van der Waals surface area contributed by atoms with Crippen molar-refractivity contribution in [2.75, 3.05) is 6.61 Å². The number of hydrogen-bond donors (Lipinski definition) is 0. The van der Waals surface area contributed by atoms with E-state index >= 15 is 0 Å². The molecule has 0 radical (unpaired) electrons. The predicted octanol–water partition coefficient (Wildman–Crippen LogP) is 4.92. The van der Waals surface area contributed by atoms with Gasteiger partial charge in [-0.15, -0.1) is 0 Å². The average Bonchev–Trinajstić information content (AvgIpc) is 2.46. The number of hydrogen-bond acceptors (Lipinski definition) is 4. The van der Waals surface area contributed by atoms with E-state index in [1.54, 1.807) is 0 Å². The van der Waals surface area contributed by atoms with Crippen LogP contribution < -0.4 is 0 Å². The van der Waals surface area contributed by atoms with Gasteiger partial charge in [0, 0.05) is 28.6 Å². The molecule has 24 heavy (non-hydrogen) atoms. The van der Waals surface area contributed by atoms with Gasteiger partial charge in [-0.25, -0.2) is 0 Å². The molecule has 0 spiro atoms. The summed E-state index contributed by atoms with van der Waals surface area (Å²) >= 11 is 6.36. The number of nitrogens with zero attached hydrogens (tertiary/aromatic N) is 1. The molecule has 1 saturated heterocycles. The maximum absolute atomic E-state index is 11.3. The normalized spacial score (nSPS) is 21.2. The van der Waals surface area contributed by atoms with E-state index in [-0.39, 0.29) is 23.7 Å². The molecule has 0 saturated carbocycles. The molecule has 1 aromatic carbocycles. The number of benzene rings is 1. The van der Waals surface area contributed by atoms with Gasteiger partial charge in [0.05, 0.1) is 0 Å². The number of piperidine rings is 1. The number of rotatable bonds is 5. The van der Waals surface area contributed by atoms with Crippen molar-refractivity contribution in [2.45, 2.75) is 71.1 Å². The van der Waals surface area contributed by atoms with Gasteiger partial charge in [-0.05, 0) is 53.0 Å². The molecular weight excluding hydrogens is 326 g/mol. The third-order valence-electron chi connectivity index (χ3n) is 4.60. The second-order valence-electron chi connectivity index (χ2n) is 7.69. The van der Waals surface area contributed by atoms with E-state index in [0.29, 0.717) is 5.02 Å². The van der Waals surface area contributed by atoms with E-state index in [1.165, 1.54) is 13.3 Å². The Morgan fingerprint density at radius 1 is 1.21 bits per heavy atom. The van der Waals surface area contributed by atoms with Crippen LogP contribution in [0.1, 0.15) is 65.5 Å². The Bertz CT molecular complexity index is 570. The zero-order valence-electron chi connectivity index (χ0n) is 15.3. The third-order valence-corrected chi connectivity index (χ3v) is 4.94. The molecule has 1 heterocycles. The van der Waals surface area contributed by atoms with Gasteiger partial charge in [0.2, 0.25) is 0 Å². The molecule has 0 N–H and O–H groups in total. The monoisotopic (exact) mass is 353 g/mol. The Labute approximate surface area is 150 Å². The Kier molecular flexibility index (Phi) is 5.95. The largest absolute Gasteiger partial charge is 0.463 e. The number of hydroxylamine groups is 2. The van der Waals surface area contributed by atoms with Crippen LogP contribution in [0, 0.1) is 0 Å². The molecule has 1 unspecified atom stereocenters. The van der Waals surface area contributed by atoms with Gasteiger partial charge in [0.25, 0.3) is 0 Å². The summed E-state index contributed by atoms with van der Waals surface area (Å²) < 4.78 is 5.24. The molecule has 134 valence electrons. The fourth-order valence-electron chi connectivity index (χ4n) is 3.49. The van der Waals surface area contributed by atoms with Crippen molar-refractivity contribution in [3.63, 3.8) is 0 Å². The van der Waals surface area contributed by atoms with E-state index < -0.39 is 6.10 Å². The van der Waals surface area contributed by atoms with Crippen molar-refractivity contribution >= 4 is 17.6 Å². The first-order valence-electron chi connectivity index (χ1n) is 8.48. The molecule has 1 aliphatic heterocycles.